The number of amides is 3. The fourth-order valence-electron chi connectivity index (χ4n) is 6.13. The van der Waals surface area contributed by atoms with Gasteiger partial charge in [0.05, 0.1) is 34.9 Å². The third-order valence-corrected chi connectivity index (χ3v) is 8.47. The summed E-state index contributed by atoms with van der Waals surface area (Å²) >= 11 is 0. The van der Waals surface area contributed by atoms with Gasteiger partial charge in [0.15, 0.2) is 0 Å². The van der Waals surface area contributed by atoms with Crippen molar-refractivity contribution >= 4 is 23.4 Å². The highest BCUT2D eigenvalue weighted by Crippen LogP contribution is 2.35. The van der Waals surface area contributed by atoms with Crippen molar-refractivity contribution in [3.8, 4) is 0 Å². The second kappa shape index (κ2) is 10.9. The number of piperidine rings is 2. The molecule has 202 valence electrons. The van der Waals surface area contributed by atoms with Crippen molar-refractivity contribution in [2.75, 3.05) is 44.7 Å². The molecular weight excluding hydrogens is 478 g/mol. The standard InChI is InChI=1S/C31H39N3O4/c1-31(2,38-3)21-34-29(36)25-12-7-13-26(27(25)30(34)37)33-16-8-11-24(20-33)28(35)32-17-14-23(15-18-32)19-22-9-5-4-6-10-22/h4-7,9-10,12-13,23-24H,8,11,14-21H2,1-3H3. The molecule has 0 saturated carbocycles. The smallest absolute Gasteiger partial charge is 0.263 e. The van der Waals surface area contributed by atoms with Crippen LogP contribution in [-0.4, -0.2) is 73.0 Å². The van der Waals surface area contributed by atoms with Crippen LogP contribution in [0.1, 0.15) is 65.8 Å². The minimum Gasteiger partial charge on any atom is -0.377 e. The average molecular weight is 518 g/mol. The summed E-state index contributed by atoms with van der Waals surface area (Å²) in [5.41, 5.74) is 2.39. The Labute approximate surface area is 225 Å². The number of methoxy groups -OCH3 is 1. The number of hydrogen-bond acceptors (Lipinski definition) is 5. The summed E-state index contributed by atoms with van der Waals surface area (Å²) < 4.78 is 5.48. The summed E-state index contributed by atoms with van der Waals surface area (Å²) in [4.78, 5) is 45.6. The van der Waals surface area contributed by atoms with Crippen molar-refractivity contribution < 1.29 is 19.1 Å². The predicted octanol–water partition coefficient (Wildman–Crippen LogP) is 4.41. The third kappa shape index (κ3) is 5.35. The number of carbonyl (C=O) groups is 3. The van der Waals surface area contributed by atoms with Crippen molar-refractivity contribution in [3.05, 3.63) is 65.2 Å². The van der Waals surface area contributed by atoms with Crippen LogP contribution in [0.2, 0.25) is 0 Å². The predicted molar refractivity (Wildman–Crippen MR) is 147 cm³/mol. The topological polar surface area (TPSA) is 70.2 Å². The van der Waals surface area contributed by atoms with Crippen LogP contribution < -0.4 is 4.90 Å². The summed E-state index contributed by atoms with van der Waals surface area (Å²) in [5.74, 6) is 0.192. The Hall–Kier alpha value is -3.19. The SMILES string of the molecule is COC(C)(C)CN1C(=O)c2cccc(N3CCCC(C(=O)N4CCC(Cc5ccccc5)CC4)C3)c2C1=O. The molecule has 2 aromatic carbocycles. The van der Waals surface area contributed by atoms with Crippen molar-refractivity contribution in [1.29, 1.82) is 0 Å². The van der Waals surface area contributed by atoms with Crippen LogP contribution in [0.15, 0.2) is 48.5 Å². The molecule has 0 bridgehead atoms. The lowest BCUT2D eigenvalue weighted by atomic mass is 9.88. The van der Waals surface area contributed by atoms with Crippen LogP contribution in [0.25, 0.3) is 0 Å². The molecule has 0 aliphatic carbocycles. The van der Waals surface area contributed by atoms with Crippen LogP contribution in [0, 0.1) is 11.8 Å². The molecule has 3 aliphatic heterocycles. The molecule has 3 aliphatic rings. The normalized spacial score (nSPS) is 20.7. The molecule has 0 N–H and O–H groups in total. The van der Waals surface area contributed by atoms with E-state index in [0.29, 0.717) is 23.6 Å². The highest BCUT2D eigenvalue weighted by molar-refractivity contribution is 6.23. The fourth-order valence-corrected chi connectivity index (χ4v) is 6.13. The maximum Gasteiger partial charge on any atom is 0.263 e. The van der Waals surface area contributed by atoms with E-state index in [4.69, 9.17) is 4.74 Å². The highest BCUT2D eigenvalue weighted by atomic mass is 16.5. The number of likely N-dealkylation sites (tertiary alicyclic amines) is 1. The van der Waals surface area contributed by atoms with Crippen molar-refractivity contribution in [1.82, 2.24) is 9.80 Å². The van der Waals surface area contributed by atoms with Gasteiger partial charge in [0.1, 0.15) is 0 Å². The average Bonchev–Trinajstić information content (AvgIpc) is 3.18. The molecule has 2 saturated heterocycles. The first-order chi connectivity index (χ1) is 18.3. The van der Waals surface area contributed by atoms with Crippen molar-refractivity contribution in [2.45, 2.75) is 51.6 Å². The molecule has 1 unspecified atom stereocenters. The first-order valence-corrected chi connectivity index (χ1v) is 13.9. The molecule has 2 aromatic rings. The van der Waals surface area contributed by atoms with E-state index < -0.39 is 5.60 Å². The lowest BCUT2D eigenvalue weighted by Crippen LogP contribution is -2.47. The third-order valence-electron chi connectivity index (χ3n) is 8.47. The Bertz CT molecular complexity index is 1190. The number of hydrogen-bond donors (Lipinski definition) is 0. The Balaban J connectivity index is 1.24. The van der Waals surface area contributed by atoms with E-state index in [9.17, 15) is 14.4 Å². The molecule has 3 heterocycles. The minimum absolute atomic E-state index is 0.0963. The van der Waals surface area contributed by atoms with Gasteiger partial charge >= 0.3 is 0 Å². The number of benzene rings is 2. The Morgan fingerprint density at radius 3 is 2.39 bits per heavy atom. The van der Waals surface area contributed by atoms with E-state index in [1.54, 1.807) is 13.2 Å². The molecule has 5 rings (SSSR count). The molecule has 38 heavy (non-hydrogen) atoms. The molecule has 3 amide bonds. The van der Waals surface area contributed by atoms with Gasteiger partial charge in [-0.25, -0.2) is 0 Å². The fraction of sp³-hybridized carbons (Fsp3) is 0.516. The Morgan fingerprint density at radius 2 is 1.68 bits per heavy atom. The van der Waals surface area contributed by atoms with Gasteiger partial charge in [0.2, 0.25) is 5.91 Å². The maximum absolute atomic E-state index is 13.5. The zero-order chi connectivity index (χ0) is 26.9. The summed E-state index contributed by atoms with van der Waals surface area (Å²) in [7, 11) is 1.58. The van der Waals surface area contributed by atoms with E-state index in [2.05, 4.69) is 29.2 Å². The molecule has 2 fully saturated rings. The zero-order valence-corrected chi connectivity index (χ0v) is 22.8. The van der Waals surface area contributed by atoms with Gasteiger partial charge in [-0.1, -0.05) is 36.4 Å². The lowest BCUT2D eigenvalue weighted by Gasteiger charge is -2.39. The number of fused-ring (bicyclic) bond motifs is 1. The summed E-state index contributed by atoms with van der Waals surface area (Å²) in [5, 5.41) is 0. The first-order valence-electron chi connectivity index (χ1n) is 13.9. The monoisotopic (exact) mass is 517 g/mol. The van der Waals surface area contributed by atoms with E-state index >= 15 is 0 Å². The quantitative estimate of drug-likeness (QED) is 0.509. The zero-order valence-electron chi connectivity index (χ0n) is 22.8. The molecule has 0 spiro atoms. The van der Waals surface area contributed by atoms with Gasteiger partial charge in [-0.15, -0.1) is 0 Å². The minimum atomic E-state index is -0.634. The van der Waals surface area contributed by atoms with Crippen LogP contribution >= 0.6 is 0 Å². The van der Waals surface area contributed by atoms with Crippen LogP contribution in [0.3, 0.4) is 0 Å². The number of ether oxygens (including phenoxy) is 1. The summed E-state index contributed by atoms with van der Waals surface area (Å²) in [6, 6.07) is 16.1. The molecule has 7 nitrogen and oxygen atoms in total. The van der Waals surface area contributed by atoms with Crippen LogP contribution in [0.5, 0.6) is 0 Å². The number of nitrogens with zero attached hydrogens (tertiary/aromatic N) is 3. The van der Waals surface area contributed by atoms with Gasteiger partial charge in [-0.05, 0) is 69.6 Å². The number of rotatable bonds is 7. The summed E-state index contributed by atoms with van der Waals surface area (Å²) in [6.07, 6.45) is 4.88. The van der Waals surface area contributed by atoms with Gasteiger partial charge in [0, 0.05) is 33.3 Å². The van der Waals surface area contributed by atoms with E-state index in [1.807, 2.05) is 36.9 Å². The molecule has 1 atom stereocenters. The van der Waals surface area contributed by atoms with E-state index in [-0.39, 0.29) is 30.2 Å². The van der Waals surface area contributed by atoms with E-state index in [0.717, 1.165) is 57.4 Å². The first kappa shape index (κ1) is 26.4. The molecule has 7 heteroatoms. The number of anilines is 1. The molecule has 0 radical (unpaired) electrons. The largest absolute Gasteiger partial charge is 0.377 e. The second-order valence-electron chi connectivity index (χ2n) is 11.6. The second-order valence-corrected chi connectivity index (χ2v) is 11.6. The van der Waals surface area contributed by atoms with Gasteiger partial charge in [-0.3, -0.25) is 19.3 Å². The van der Waals surface area contributed by atoms with Gasteiger partial charge in [0.25, 0.3) is 11.8 Å². The maximum atomic E-state index is 13.5. The van der Waals surface area contributed by atoms with Crippen molar-refractivity contribution in [3.63, 3.8) is 0 Å². The molecular formula is C31H39N3O4. The summed E-state index contributed by atoms with van der Waals surface area (Å²) in [6.45, 7) is 6.88. The Kier molecular flexibility index (Phi) is 7.57. The van der Waals surface area contributed by atoms with Gasteiger partial charge in [-0.2, -0.15) is 0 Å². The molecule has 0 aromatic heterocycles. The Morgan fingerprint density at radius 1 is 0.947 bits per heavy atom. The highest BCUT2D eigenvalue weighted by Gasteiger charge is 2.42. The van der Waals surface area contributed by atoms with Gasteiger partial charge < -0.3 is 14.5 Å². The van der Waals surface area contributed by atoms with Crippen LogP contribution in [-0.2, 0) is 16.0 Å². The lowest BCUT2D eigenvalue weighted by molar-refractivity contribution is -0.137. The number of carbonyl (C=O) groups excluding carboxylic acids is 3. The number of imide groups is 1. The van der Waals surface area contributed by atoms with E-state index in [1.165, 1.54) is 10.5 Å². The van der Waals surface area contributed by atoms with Crippen LogP contribution in [0.4, 0.5) is 5.69 Å². The van der Waals surface area contributed by atoms with Crippen molar-refractivity contribution in [2.24, 2.45) is 11.8 Å².